The number of aliphatic imine (C=N–C) groups is 1. The Bertz CT molecular complexity index is 831. The predicted molar refractivity (Wildman–Crippen MR) is 101 cm³/mol. The first-order valence-electron chi connectivity index (χ1n) is 6.68. The molecule has 0 N–H and O–H groups in total. The molecule has 2 aromatic carbocycles. The first-order chi connectivity index (χ1) is 11.1. The van der Waals surface area contributed by atoms with Gasteiger partial charge in [-0.25, -0.2) is 0 Å². The van der Waals surface area contributed by atoms with Gasteiger partial charge in [-0.05, 0) is 35.5 Å². The van der Waals surface area contributed by atoms with E-state index in [-0.39, 0.29) is 11.0 Å². The predicted octanol–water partition coefficient (Wildman–Crippen LogP) is 4.99. The van der Waals surface area contributed by atoms with E-state index in [9.17, 15) is 9.59 Å². The highest BCUT2D eigenvalue weighted by atomic mass is 79.9. The summed E-state index contributed by atoms with van der Waals surface area (Å²) in [5.41, 5.74) is 1.50. The van der Waals surface area contributed by atoms with Gasteiger partial charge in [-0.2, -0.15) is 4.99 Å². The van der Waals surface area contributed by atoms with Crippen molar-refractivity contribution in [2.24, 2.45) is 4.99 Å². The van der Waals surface area contributed by atoms with E-state index < -0.39 is 0 Å². The molecule has 3 nitrogen and oxygen atoms in total. The lowest BCUT2D eigenvalue weighted by Crippen LogP contribution is -1.97. The maximum atomic E-state index is 12.3. The van der Waals surface area contributed by atoms with Gasteiger partial charge in [-0.3, -0.25) is 9.59 Å². The fraction of sp³-hybridized carbons (Fsp3) is 0. The number of benzene rings is 2. The molecule has 0 radical (unpaired) electrons. The zero-order valence-electron chi connectivity index (χ0n) is 11.7. The number of amides is 1. The number of carbonyl (C=O) groups excluding carboxylic acids is 2. The summed E-state index contributed by atoms with van der Waals surface area (Å²) in [5, 5.41) is -0.141. The van der Waals surface area contributed by atoms with E-state index in [4.69, 9.17) is 0 Å². The number of hydrogen-bond donors (Lipinski definition) is 0. The Morgan fingerprint density at radius 3 is 2.52 bits per heavy atom. The second kappa shape index (κ2) is 7.29. The molecular weight excluding hydrogens is 394 g/mol. The van der Waals surface area contributed by atoms with Crippen LogP contribution >= 0.6 is 39.5 Å². The molecule has 2 aromatic rings. The standard InChI is InChI=1S/C17H10BrNO2S2/c18-13-9-5-4-8-12(13)16(21)23-17-19-15(20)14(22-17)10-11-6-2-1-3-7-11/h1-10H/b14-10-. The second-order valence-electron chi connectivity index (χ2n) is 4.57. The van der Waals surface area contributed by atoms with Gasteiger partial charge in [0.25, 0.3) is 5.91 Å². The quantitative estimate of drug-likeness (QED) is 0.662. The van der Waals surface area contributed by atoms with Crippen LogP contribution in [0.4, 0.5) is 0 Å². The van der Waals surface area contributed by atoms with Crippen molar-refractivity contribution < 1.29 is 9.59 Å². The summed E-state index contributed by atoms with van der Waals surface area (Å²) in [4.78, 5) is 28.8. The molecule has 23 heavy (non-hydrogen) atoms. The summed E-state index contributed by atoms with van der Waals surface area (Å²) in [6.45, 7) is 0. The third-order valence-electron chi connectivity index (χ3n) is 2.97. The Kier molecular flexibility index (Phi) is 5.15. The molecule has 0 bridgehead atoms. The lowest BCUT2D eigenvalue weighted by atomic mass is 10.2. The molecule has 1 aliphatic heterocycles. The number of halogens is 1. The zero-order valence-corrected chi connectivity index (χ0v) is 15.0. The van der Waals surface area contributed by atoms with Crippen LogP contribution in [0, 0.1) is 0 Å². The molecule has 0 aromatic heterocycles. The average Bonchev–Trinajstić information content (AvgIpc) is 2.88. The van der Waals surface area contributed by atoms with Crippen molar-refractivity contribution >= 4 is 60.9 Å². The van der Waals surface area contributed by atoms with E-state index in [2.05, 4.69) is 20.9 Å². The smallest absolute Gasteiger partial charge is 0.281 e. The Hall–Kier alpha value is -1.63. The molecular formula is C17H10BrNO2S2. The van der Waals surface area contributed by atoms with Gasteiger partial charge in [-0.1, -0.05) is 70.2 Å². The van der Waals surface area contributed by atoms with Crippen LogP contribution in [0.3, 0.4) is 0 Å². The van der Waals surface area contributed by atoms with Crippen molar-refractivity contribution in [3.8, 4) is 0 Å². The maximum absolute atomic E-state index is 12.3. The fourth-order valence-corrected chi connectivity index (χ4v) is 4.37. The highest BCUT2D eigenvalue weighted by Gasteiger charge is 2.25. The summed E-state index contributed by atoms with van der Waals surface area (Å²) in [5.74, 6) is -0.304. The molecule has 1 heterocycles. The molecule has 0 unspecified atom stereocenters. The van der Waals surface area contributed by atoms with Gasteiger partial charge < -0.3 is 0 Å². The second-order valence-corrected chi connectivity index (χ2v) is 7.68. The molecule has 0 saturated carbocycles. The number of carbonyl (C=O) groups is 2. The van der Waals surface area contributed by atoms with Crippen molar-refractivity contribution in [1.29, 1.82) is 0 Å². The van der Waals surface area contributed by atoms with Gasteiger partial charge in [0, 0.05) is 10.0 Å². The molecule has 1 aliphatic rings. The highest BCUT2D eigenvalue weighted by molar-refractivity contribution is 9.10. The van der Waals surface area contributed by atoms with Crippen LogP contribution in [0.25, 0.3) is 6.08 Å². The summed E-state index contributed by atoms with van der Waals surface area (Å²) in [6.07, 6.45) is 1.78. The van der Waals surface area contributed by atoms with Gasteiger partial charge in [0.2, 0.25) is 5.12 Å². The molecule has 0 spiro atoms. The van der Waals surface area contributed by atoms with Gasteiger partial charge in [0.05, 0.1) is 4.91 Å². The Morgan fingerprint density at radius 2 is 1.78 bits per heavy atom. The third kappa shape index (κ3) is 4.02. The van der Waals surface area contributed by atoms with Gasteiger partial charge in [0.1, 0.15) is 4.38 Å². The first-order valence-corrected chi connectivity index (χ1v) is 9.10. The summed E-state index contributed by atoms with van der Waals surface area (Å²) >= 11 is 5.56. The summed E-state index contributed by atoms with van der Waals surface area (Å²) in [6, 6.07) is 16.8. The molecule has 3 rings (SSSR count). The third-order valence-corrected chi connectivity index (χ3v) is 5.61. The molecule has 0 atom stereocenters. The first kappa shape index (κ1) is 16.2. The molecule has 0 aliphatic carbocycles. The lowest BCUT2D eigenvalue weighted by molar-refractivity contribution is -0.113. The van der Waals surface area contributed by atoms with Gasteiger partial charge in [0.15, 0.2) is 0 Å². The largest absolute Gasteiger partial charge is 0.285 e. The Labute approximate surface area is 150 Å². The minimum absolute atomic E-state index is 0.141. The van der Waals surface area contributed by atoms with E-state index in [0.29, 0.717) is 14.8 Å². The number of rotatable bonds is 2. The van der Waals surface area contributed by atoms with E-state index in [0.717, 1.165) is 21.8 Å². The van der Waals surface area contributed by atoms with Crippen molar-refractivity contribution in [3.05, 3.63) is 75.1 Å². The molecule has 0 saturated heterocycles. The van der Waals surface area contributed by atoms with Crippen LogP contribution in [0.2, 0.25) is 0 Å². The van der Waals surface area contributed by atoms with Crippen LogP contribution in [-0.4, -0.2) is 15.4 Å². The van der Waals surface area contributed by atoms with Crippen LogP contribution in [0.15, 0.2) is 69.0 Å². The molecule has 6 heteroatoms. The van der Waals surface area contributed by atoms with Crippen LogP contribution < -0.4 is 0 Å². The topological polar surface area (TPSA) is 46.5 Å². The minimum atomic E-state index is -0.304. The average molecular weight is 404 g/mol. The van der Waals surface area contributed by atoms with Crippen molar-refractivity contribution in [3.63, 3.8) is 0 Å². The molecule has 0 fully saturated rings. The van der Waals surface area contributed by atoms with Crippen molar-refractivity contribution in [1.82, 2.24) is 0 Å². The Morgan fingerprint density at radius 1 is 1.09 bits per heavy atom. The maximum Gasteiger partial charge on any atom is 0.285 e. The molecule has 114 valence electrons. The summed E-state index contributed by atoms with van der Waals surface area (Å²) < 4.78 is 1.19. The Balaban J connectivity index is 1.73. The van der Waals surface area contributed by atoms with Crippen LogP contribution in [0.5, 0.6) is 0 Å². The number of nitrogens with zero attached hydrogens (tertiary/aromatic N) is 1. The van der Waals surface area contributed by atoms with E-state index in [1.807, 2.05) is 42.5 Å². The monoisotopic (exact) mass is 403 g/mol. The number of thioether (sulfide) groups is 2. The lowest BCUT2D eigenvalue weighted by Gasteiger charge is -2.01. The summed E-state index contributed by atoms with van der Waals surface area (Å²) in [7, 11) is 0. The van der Waals surface area contributed by atoms with Gasteiger partial charge >= 0.3 is 0 Å². The fourth-order valence-electron chi connectivity index (χ4n) is 1.90. The van der Waals surface area contributed by atoms with Crippen molar-refractivity contribution in [2.45, 2.75) is 0 Å². The van der Waals surface area contributed by atoms with E-state index in [1.165, 1.54) is 11.8 Å². The van der Waals surface area contributed by atoms with E-state index >= 15 is 0 Å². The van der Waals surface area contributed by atoms with E-state index in [1.54, 1.807) is 18.2 Å². The molecule has 1 amide bonds. The van der Waals surface area contributed by atoms with Crippen LogP contribution in [-0.2, 0) is 4.79 Å². The van der Waals surface area contributed by atoms with Crippen molar-refractivity contribution in [2.75, 3.05) is 0 Å². The highest BCUT2D eigenvalue weighted by Crippen LogP contribution is 2.35. The SMILES string of the molecule is O=C1N=C(SC(=O)c2ccccc2Br)S/C1=C\c1ccccc1. The number of hydrogen-bond acceptors (Lipinski definition) is 4. The van der Waals surface area contributed by atoms with Gasteiger partial charge in [-0.15, -0.1) is 0 Å². The van der Waals surface area contributed by atoms with Crippen LogP contribution in [0.1, 0.15) is 15.9 Å². The normalized spacial score (nSPS) is 15.8. The zero-order chi connectivity index (χ0) is 16.2. The minimum Gasteiger partial charge on any atom is -0.281 e.